The second kappa shape index (κ2) is 12.7. The van der Waals surface area contributed by atoms with E-state index in [4.69, 9.17) is 20.6 Å². The highest BCUT2D eigenvalue weighted by molar-refractivity contribution is 7.91. The molecule has 1 amide bonds. The zero-order valence-electron chi connectivity index (χ0n) is 22.5. The Labute approximate surface area is 244 Å². The van der Waals surface area contributed by atoms with Gasteiger partial charge in [-0.25, -0.2) is 18.2 Å². The number of aromatic amines is 1. The summed E-state index contributed by atoms with van der Waals surface area (Å²) >= 11 is 0. The number of alkyl halides is 3. The largest absolute Gasteiger partial charge is 0.494 e. The quantitative estimate of drug-likeness (QED) is 0.238. The number of primary amides is 1. The predicted octanol–water partition coefficient (Wildman–Crippen LogP) is 4.01. The highest BCUT2D eigenvalue weighted by atomic mass is 32.2. The summed E-state index contributed by atoms with van der Waals surface area (Å²) in [6, 6.07) is 22.4. The Balaban J connectivity index is 0.000000541. The van der Waals surface area contributed by atoms with Gasteiger partial charge in [0.15, 0.2) is 15.7 Å². The van der Waals surface area contributed by atoms with Gasteiger partial charge in [0.2, 0.25) is 5.91 Å². The Morgan fingerprint density at radius 3 is 2.12 bits per heavy atom. The Kier molecular flexibility index (Phi) is 9.21. The summed E-state index contributed by atoms with van der Waals surface area (Å²) < 4.78 is 55.1. The number of amides is 1. The van der Waals surface area contributed by atoms with E-state index in [9.17, 15) is 31.5 Å². The number of nitrogens with one attached hydrogen (secondary N) is 1. The lowest BCUT2D eigenvalue weighted by molar-refractivity contribution is -0.192. The fraction of sp³-hybridized carbons (Fsp3) is 0.207. The lowest BCUT2D eigenvalue weighted by Crippen LogP contribution is -2.39. The number of aromatic hydroxyl groups is 1. The van der Waals surface area contributed by atoms with Crippen LogP contribution in [0.25, 0.3) is 10.9 Å². The van der Waals surface area contributed by atoms with Crippen LogP contribution in [0.2, 0.25) is 0 Å². The summed E-state index contributed by atoms with van der Waals surface area (Å²) in [5.41, 5.74) is 10.1. The first kappa shape index (κ1) is 31.3. The molecule has 10 nitrogen and oxygen atoms in total. The standard InChI is InChI=1S/C27H26N4O4S.C2HF3O2/c28-26(32)20-8-11-22-23(16-20)30-27(33)24(22)25(19-4-2-1-3-5-19)29-21-9-6-18(7-10-21)17-31-12-14-36(34,35)15-13-31;3-2(4,5)1(6)7/h1-11,16,30,33H,12-15,17H2,(H2,28,32);(H,6,7). The van der Waals surface area contributed by atoms with Crippen molar-refractivity contribution in [1.29, 1.82) is 0 Å². The minimum absolute atomic E-state index is 0.0501. The number of nitrogens with two attached hydrogens (primary N) is 1. The van der Waals surface area contributed by atoms with E-state index in [0.717, 1.165) is 16.5 Å². The third kappa shape index (κ3) is 7.99. The molecule has 0 unspecified atom stereocenters. The molecule has 0 bridgehead atoms. The lowest BCUT2D eigenvalue weighted by Gasteiger charge is -2.26. The van der Waals surface area contributed by atoms with Gasteiger partial charge in [0.25, 0.3) is 0 Å². The van der Waals surface area contributed by atoms with E-state index < -0.39 is 27.9 Å². The number of rotatable bonds is 6. The van der Waals surface area contributed by atoms with E-state index >= 15 is 0 Å². The minimum Gasteiger partial charge on any atom is -0.494 e. The van der Waals surface area contributed by atoms with Gasteiger partial charge < -0.3 is 20.9 Å². The van der Waals surface area contributed by atoms with Crippen molar-refractivity contribution in [1.82, 2.24) is 9.88 Å². The molecule has 2 heterocycles. The number of carboxylic acid groups (broad SMARTS) is 1. The van der Waals surface area contributed by atoms with Crippen molar-refractivity contribution >= 4 is 44.0 Å². The van der Waals surface area contributed by atoms with Crippen LogP contribution in [-0.2, 0) is 21.2 Å². The summed E-state index contributed by atoms with van der Waals surface area (Å²) in [5, 5.41) is 18.7. The summed E-state index contributed by atoms with van der Waals surface area (Å²) in [5.74, 6) is -2.95. The molecule has 0 radical (unpaired) electrons. The van der Waals surface area contributed by atoms with Crippen LogP contribution in [-0.4, -0.2) is 76.9 Å². The number of hydrogen-bond acceptors (Lipinski definition) is 7. The molecule has 5 rings (SSSR count). The van der Waals surface area contributed by atoms with Crippen LogP contribution < -0.4 is 5.73 Å². The number of benzene rings is 3. The van der Waals surface area contributed by atoms with Crippen LogP contribution in [0.1, 0.15) is 27.0 Å². The Morgan fingerprint density at radius 2 is 1.56 bits per heavy atom. The molecular formula is C29H27F3N4O6S. The van der Waals surface area contributed by atoms with Gasteiger partial charge in [-0.3, -0.25) is 9.69 Å². The van der Waals surface area contributed by atoms with Gasteiger partial charge in [0.05, 0.1) is 28.5 Å². The maximum absolute atomic E-state index is 11.7. The molecule has 1 aromatic heterocycles. The number of fused-ring (bicyclic) bond motifs is 1. The van der Waals surface area contributed by atoms with Gasteiger partial charge >= 0.3 is 12.1 Å². The van der Waals surface area contributed by atoms with Crippen LogP contribution in [0.5, 0.6) is 5.88 Å². The molecule has 1 fully saturated rings. The molecule has 43 heavy (non-hydrogen) atoms. The number of aliphatic imine (C=N–C) groups is 1. The van der Waals surface area contributed by atoms with Crippen molar-refractivity contribution in [3.8, 4) is 5.88 Å². The van der Waals surface area contributed by atoms with Crippen LogP contribution in [0.3, 0.4) is 0 Å². The number of aromatic nitrogens is 1. The summed E-state index contributed by atoms with van der Waals surface area (Å²) in [6.07, 6.45) is -5.08. The Morgan fingerprint density at radius 1 is 0.953 bits per heavy atom. The average Bonchev–Trinajstić information content (AvgIpc) is 3.28. The van der Waals surface area contributed by atoms with E-state index in [-0.39, 0.29) is 17.4 Å². The normalized spacial score (nSPS) is 15.5. The maximum Gasteiger partial charge on any atom is 0.490 e. The van der Waals surface area contributed by atoms with E-state index in [1.54, 1.807) is 18.2 Å². The van der Waals surface area contributed by atoms with Crippen molar-refractivity contribution in [3.05, 3.63) is 95.1 Å². The molecule has 14 heteroatoms. The number of carboxylic acids is 1. The van der Waals surface area contributed by atoms with E-state index in [1.807, 2.05) is 54.6 Å². The fourth-order valence-electron chi connectivity index (χ4n) is 4.41. The van der Waals surface area contributed by atoms with Gasteiger partial charge in [0.1, 0.15) is 0 Å². The number of carbonyl (C=O) groups excluding carboxylic acids is 1. The number of aliphatic carboxylic acids is 1. The minimum atomic E-state index is -5.08. The van der Waals surface area contributed by atoms with Gasteiger partial charge in [-0.1, -0.05) is 48.5 Å². The molecule has 5 N–H and O–H groups in total. The first-order chi connectivity index (χ1) is 20.2. The van der Waals surface area contributed by atoms with E-state index in [0.29, 0.717) is 47.7 Å². The summed E-state index contributed by atoms with van der Waals surface area (Å²) in [4.78, 5) is 30.5. The van der Waals surface area contributed by atoms with Crippen molar-refractivity contribution in [2.24, 2.45) is 10.7 Å². The summed E-state index contributed by atoms with van der Waals surface area (Å²) in [6.45, 7) is 1.76. The van der Waals surface area contributed by atoms with Crippen molar-refractivity contribution in [2.45, 2.75) is 12.7 Å². The third-order valence-corrected chi connectivity index (χ3v) is 8.22. The van der Waals surface area contributed by atoms with E-state index in [2.05, 4.69) is 9.88 Å². The highest BCUT2D eigenvalue weighted by Crippen LogP contribution is 2.32. The van der Waals surface area contributed by atoms with Gasteiger partial charge in [-0.05, 0) is 29.8 Å². The molecule has 0 saturated carbocycles. The zero-order valence-corrected chi connectivity index (χ0v) is 23.3. The van der Waals surface area contributed by atoms with Crippen LogP contribution in [0.4, 0.5) is 18.9 Å². The van der Waals surface area contributed by atoms with Crippen molar-refractivity contribution in [3.63, 3.8) is 0 Å². The fourth-order valence-corrected chi connectivity index (χ4v) is 5.69. The first-order valence-corrected chi connectivity index (χ1v) is 14.7. The molecule has 3 aromatic carbocycles. The number of H-pyrrole nitrogens is 1. The molecule has 0 aliphatic carbocycles. The van der Waals surface area contributed by atoms with Gasteiger partial charge in [-0.15, -0.1) is 0 Å². The maximum atomic E-state index is 11.7. The zero-order chi connectivity index (χ0) is 31.4. The number of hydrogen-bond donors (Lipinski definition) is 4. The molecule has 226 valence electrons. The van der Waals surface area contributed by atoms with E-state index in [1.165, 1.54) is 0 Å². The predicted molar refractivity (Wildman–Crippen MR) is 154 cm³/mol. The number of halogens is 3. The number of sulfone groups is 1. The Hall–Kier alpha value is -4.69. The molecule has 0 atom stereocenters. The smallest absolute Gasteiger partial charge is 0.490 e. The van der Waals surface area contributed by atoms with Crippen LogP contribution in [0, 0.1) is 0 Å². The van der Waals surface area contributed by atoms with Crippen LogP contribution >= 0.6 is 0 Å². The SMILES string of the molecule is NC(=O)c1ccc2c(C(=Nc3ccc(CN4CCS(=O)(=O)CC4)cc3)c3ccccc3)c(O)[nH]c2c1.O=C(O)C(F)(F)F. The highest BCUT2D eigenvalue weighted by Gasteiger charge is 2.38. The van der Waals surface area contributed by atoms with Crippen LogP contribution in [0.15, 0.2) is 77.8 Å². The number of nitrogens with zero attached hydrogens (tertiary/aromatic N) is 2. The average molecular weight is 617 g/mol. The first-order valence-electron chi connectivity index (χ1n) is 12.8. The molecular weight excluding hydrogens is 589 g/mol. The Bertz CT molecular complexity index is 1760. The van der Waals surface area contributed by atoms with Crippen molar-refractivity contribution < 1.29 is 41.4 Å². The molecule has 0 spiro atoms. The third-order valence-electron chi connectivity index (χ3n) is 6.61. The topological polar surface area (TPSA) is 166 Å². The second-order valence-corrected chi connectivity index (χ2v) is 12.0. The number of carbonyl (C=O) groups is 2. The molecule has 4 aromatic rings. The molecule has 1 aliphatic heterocycles. The lowest BCUT2D eigenvalue weighted by atomic mass is 10.00. The monoisotopic (exact) mass is 616 g/mol. The van der Waals surface area contributed by atoms with Gasteiger partial charge in [-0.2, -0.15) is 13.2 Å². The molecule has 1 aliphatic rings. The summed E-state index contributed by atoms with van der Waals surface area (Å²) in [7, 11) is -2.91. The second-order valence-electron chi connectivity index (χ2n) is 9.70. The van der Waals surface area contributed by atoms with Crippen molar-refractivity contribution in [2.75, 3.05) is 24.6 Å². The molecule has 1 saturated heterocycles. The van der Waals surface area contributed by atoms with Gasteiger partial charge in [0, 0.05) is 41.7 Å².